The molecule has 1 heteroatoms. The first-order valence-electron chi connectivity index (χ1n) is 3.86. The molecule has 0 heterocycles. The van der Waals surface area contributed by atoms with Crippen LogP contribution in [0.4, 0.5) is 0 Å². The van der Waals surface area contributed by atoms with Gasteiger partial charge in [-0.15, -0.1) is 0 Å². The quantitative estimate of drug-likeness (QED) is 0.535. The van der Waals surface area contributed by atoms with Gasteiger partial charge in [-0.3, -0.25) is 4.79 Å². The molecule has 1 aliphatic rings. The highest BCUT2D eigenvalue weighted by Crippen LogP contribution is 2.38. The van der Waals surface area contributed by atoms with Crippen LogP contribution in [0.1, 0.15) is 32.6 Å². The van der Waals surface area contributed by atoms with E-state index in [0.717, 1.165) is 12.8 Å². The van der Waals surface area contributed by atoms with Crippen molar-refractivity contribution < 1.29 is 4.79 Å². The summed E-state index contributed by atoms with van der Waals surface area (Å²) in [6, 6.07) is 0. The Morgan fingerprint density at radius 1 is 1.50 bits per heavy atom. The van der Waals surface area contributed by atoms with Crippen LogP contribution in [0.25, 0.3) is 0 Å². The summed E-state index contributed by atoms with van der Waals surface area (Å²) in [5.41, 5.74) is -0.0538. The SMILES string of the molecule is C=CC(=O)C1(C)CCCC1. The first-order valence-corrected chi connectivity index (χ1v) is 3.86. The summed E-state index contributed by atoms with van der Waals surface area (Å²) in [6.45, 7) is 5.55. The average molecular weight is 138 g/mol. The van der Waals surface area contributed by atoms with Crippen molar-refractivity contribution in [2.24, 2.45) is 5.41 Å². The van der Waals surface area contributed by atoms with Gasteiger partial charge in [-0.05, 0) is 18.9 Å². The van der Waals surface area contributed by atoms with Crippen LogP contribution in [0, 0.1) is 5.41 Å². The van der Waals surface area contributed by atoms with Crippen LogP contribution in [0.15, 0.2) is 12.7 Å². The molecule has 1 fully saturated rings. The Morgan fingerprint density at radius 3 is 2.40 bits per heavy atom. The van der Waals surface area contributed by atoms with E-state index in [-0.39, 0.29) is 11.2 Å². The Kier molecular flexibility index (Phi) is 1.93. The minimum Gasteiger partial charge on any atom is -0.294 e. The largest absolute Gasteiger partial charge is 0.294 e. The number of ketones is 1. The summed E-state index contributed by atoms with van der Waals surface area (Å²) in [7, 11) is 0. The maximum absolute atomic E-state index is 11.2. The predicted molar refractivity (Wildman–Crippen MR) is 41.8 cm³/mol. The fourth-order valence-electron chi connectivity index (χ4n) is 1.65. The van der Waals surface area contributed by atoms with Gasteiger partial charge in [0.1, 0.15) is 0 Å². The van der Waals surface area contributed by atoms with Crippen molar-refractivity contribution in [3.05, 3.63) is 12.7 Å². The van der Waals surface area contributed by atoms with Crippen LogP contribution in [0.2, 0.25) is 0 Å². The van der Waals surface area contributed by atoms with E-state index < -0.39 is 0 Å². The van der Waals surface area contributed by atoms with E-state index in [0.29, 0.717) is 0 Å². The van der Waals surface area contributed by atoms with E-state index in [1.54, 1.807) is 0 Å². The highest BCUT2D eigenvalue weighted by molar-refractivity contribution is 5.94. The minimum atomic E-state index is -0.0538. The van der Waals surface area contributed by atoms with E-state index in [9.17, 15) is 4.79 Å². The van der Waals surface area contributed by atoms with Gasteiger partial charge >= 0.3 is 0 Å². The Bertz CT molecular complexity index is 152. The lowest BCUT2D eigenvalue weighted by Crippen LogP contribution is -2.21. The number of carbonyl (C=O) groups is 1. The predicted octanol–water partition coefficient (Wildman–Crippen LogP) is 2.32. The second-order valence-corrected chi connectivity index (χ2v) is 3.34. The summed E-state index contributed by atoms with van der Waals surface area (Å²) in [5, 5.41) is 0. The fraction of sp³-hybridized carbons (Fsp3) is 0.667. The maximum Gasteiger partial charge on any atom is 0.160 e. The first-order chi connectivity index (χ1) is 4.69. The van der Waals surface area contributed by atoms with Gasteiger partial charge in [0.25, 0.3) is 0 Å². The van der Waals surface area contributed by atoms with E-state index >= 15 is 0 Å². The molecule has 10 heavy (non-hydrogen) atoms. The molecule has 0 aromatic carbocycles. The molecule has 0 spiro atoms. The maximum atomic E-state index is 11.2. The summed E-state index contributed by atoms with van der Waals surface area (Å²) >= 11 is 0. The van der Waals surface area contributed by atoms with Crippen molar-refractivity contribution in [1.82, 2.24) is 0 Å². The average Bonchev–Trinajstić information content (AvgIpc) is 2.36. The molecule has 0 radical (unpaired) electrons. The van der Waals surface area contributed by atoms with E-state index in [2.05, 4.69) is 6.58 Å². The second-order valence-electron chi connectivity index (χ2n) is 3.34. The van der Waals surface area contributed by atoms with Crippen LogP contribution < -0.4 is 0 Å². The van der Waals surface area contributed by atoms with Crippen molar-refractivity contribution in [2.45, 2.75) is 32.6 Å². The Balaban J connectivity index is 2.66. The zero-order valence-electron chi connectivity index (χ0n) is 6.52. The Morgan fingerprint density at radius 2 is 2.00 bits per heavy atom. The molecule has 0 amide bonds. The number of carbonyl (C=O) groups excluding carboxylic acids is 1. The lowest BCUT2D eigenvalue weighted by molar-refractivity contribution is -0.122. The summed E-state index contributed by atoms with van der Waals surface area (Å²) in [6.07, 6.45) is 5.98. The molecule has 0 aromatic rings. The molecule has 1 saturated carbocycles. The lowest BCUT2D eigenvalue weighted by atomic mass is 9.84. The molecule has 0 N–H and O–H groups in total. The third-order valence-electron chi connectivity index (χ3n) is 2.49. The van der Waals surface area contributed by atoms with Crippen LogP contribution in [-0.4, -0.2) is 5.78 Å². The van der Waals surface area contributed by atoms with Gasteiger partial charge in [0, 0.05) is 5.41 Å². The molecular formula is C9H14O. The van der Waals surface area contributed by atoms with E-state index in [1.165, 1.54) is 18.9 Å². The molecule has 1 aliphatic carbocycles. The summed E-state index contributed by atoms with van der Waals surface area (Å²) in [4.78, 5) is 11.2. The van der Waals surface area contributed by atoms with Crippen molar-refractivity contribution in [3.63, 3.8) is 0 Å². The standard InChI is InChI=1S/C9H14O/c1-3-8(10)9(2)6-4-5-7-9/h3H,1,4-7H2,2H3. The molecule has 0 unspecified atom stereocenters. The van der Waals surface area contributed by atoms with Crippen molar-refractivity contribution in [1.29, 1.82) is 0 Å². The monoisotopic (exact) mass is 138 g/mol. The molecular weight excluding hydrogens is 124 g/mol. The summed E-state index contributed by atoms with van der Waals surface area (Å²) < 4.78 is 0. The Hall–Kier alpha value is -0.590. The molecule has 0 bridgehead atoms. The van der Waals surface area contributed by atoms with Crippen molar-refractivity contribution >= 4 is 5.78 Å². The van der Waals surface area contributed by atoms with Gasteiger partial charge < -0.3 is 0 Å². The third-order valence-corrected chi connectivity index (χ3v) is 2.49. The van der Waals surface area contributed by atoms with Crippen LogP contribution >= 0.6 is 0 Å². The van der Waals surface area contributed by atoms with Crippen molar-refractivity contribution in [2.75, 3.05) is 0 Å². The minimum absolute atomic E-state index is 0.0538. The third kappa shape index (κ3) is 1.13. The molecule has 0 aromatic heterocycles. The van der Waals surface area contributed by atoms with Gasteiger partial charge in [-0.2, -0.15) is 0 Å². The molecule has 1 nitrogen and oxygen atoms in total. The number of rotatable bonds is 2. The molecule has 0 atom stereocenters. The lowest BCUT2D eigenvalue weighted by Gasteiger charge is -2.18. The van der Waals surface area contributed by atoms with Crippen LogP contribution in [0.3, 0.4) is 0 Å². The smallest absolute Gasteiger partial charge is 0.160 e. The van der Waals surface area contributed by atoms with Gasteiger partial charge in [-0.1, -0.05) is 26.3 Å². The molecule has 0 aliphatic heterocycles. The van der Waals surface area contributed by atoms with Gasteiger partial charge in [0.05, 0.1) is 0 Å². The topological polar surface area (TPSA) is 17.1 Å². The van der Waals surface area contributed by atoms with Crippen LogP contribution in [-0.2, 0) is 4.79 Å². The normalized spacial score (nSPS) is 22.5. The van der Waals surface area contributed by atoms with E-state index in [1.807, 2.05) is 6.92 Å². The van der Waals surface area contributed by atoms with E-state index in [4.69, 9.17) is 0 Å². The highest BCUT2D eigenvalue weighted by Gasteiger charge is 2.33. The number of hydrogen-bond acceptors (Lipinski definition) is 1. The molecule has 1 rings (SSSR count). The van der Waals surface area contributed by atoms with Crippen molar-refractivity contribution in [3.8, 4) is 0 Å². The Labute approximate surface area is 62.1 Å². The highest BCUT2D eigenvalue weighted by atomic mass is 16.1. The summed E-state index contributed by atoms with van der Waals surface area (Å²) in [5.74, 6) is 0.227. The molecule has 0 saturated heterocycles. The number of allylic oxidation sites excluding steroid dienone is 1. The fourth-order valence-corrected chi connectivity index (χ4v) is 1.65. The zero-order valence-corrected chi connectivity index (χ0v) is 6.52. The van der Waals surface area contributed by atoms with Crippen LogP contribution in [0.5, 0.6) is 0 Å². The second kappa shape index (κ2) is 2.57. The first kappa shape index (κ1) is 7.52. The van der Waals surface area contributed by atoms with Gasteiger partial charge in [-0.25, -0.2) is 0 Å². The number of hydrogen-bond donors (Lipinski definition) is 0. The zero-order chi connectivity index (χ0) is 7.61. The molecule has 56 valence electrons. The van der Waals surface area contributed by atoms with Gasteiger partial charge in [0.2, 0.25) is 0 Å². The van der Waals surface area contributed by atoms with Gasteiger partial charge in [0.15, 0.2) is 5.78 Å².